The van der Waals surface area contributed by atoms with Gasteiger partial charge >= 0.3 is 0 Å². The Morgan fingerprint density at radius 3 is 2.19 bits per heavy atom. The number of hydrogen-bond donors (Lipinski definition) is 1. The molecular formula is C23H28N2O2. The number of benzene rings is 2. The van der Waals surface area contributed by atoms with Crippen LogP contribution in [-0.2, 0) is 21.5 Å². The van der Waals surface area contributed by atoms with Crippen LogP contribution in [0.25, 0.3) is 6.08 Å². The third-order valence-electron chi connectivity index (χ3n) is 4.35. The SMILES string of the molecule is CC(C)(C)c1ccc(/C=C/C(=O)N(CCC(N)=O)Cc2ccccc2)cc1. The van der Waals surface area contributed by atoms with Gasteiger partial charge in [-0.15, -0.1) is 0 Å². The van der Waals surface area contributed by atoms with Crippen molar-refractivity contribution in [1.82, 2.24) is 4.90 Å². The second kappa shape index (κ2) is 9.17. The van der Waals surface area contributed by atoms with E-state index in [-0.39, 0.29) is 17.7 Å². The number of hydrogen-bond acceptors (Lipinski definition) is 2. The van der Waals surface area contributed by atoms with E-state index < -0.39 is 5.91 Å². The van der Waals surface area contributed by atoms with Crippen molar-refractivity contribution in [2.24, 2.45) is 5.73 Å². The van der Waals surface area contributed by atoms with Crippen molar-refractivity contribution >= 4 is 17.9 Å². The Balaban J connectivity index is 2.09. The fourth-order valence-electron chi connectivity index (χ4n) is 2.68. The highest BCUT2D eigenvalue weighted by molar-refractivity contribution is 5.92. The van der Waals surface area contributed by atoms with Gasteiger partial charge in [-0.3, -0.25) is 9.59 Å². The molecule has 0 saturated heterocycles. The maximum Gasteiger partial charge on any atom is 0.246 e. The first-order chi connectivity index (χ1) is 12.8. The van der Waals surface area contributed by atoms with Crippen LogP contribution < -0.4 is 5.73 Å². The van der Waals surface area contributed by atoms with Gasteiger partial charge in [-0.05, 0) is 28.2 Å². The summed E-state index contributed by atoms with van der Waals surface area (Å²) in [5, 5.41) is 0. The third-order valence-corrected chi connectivity index (χ3v) is 4.35. The quantitative estimate of drug-likeness (QED) is 0.757. The van der Waals surface area contributed by atoms with Crippen molar-refractivity contribution in [3.8, 4) is 0 Å². The molecule has 0 aromatic heterocycles. The number of nitrogens with zero attached hydrogens (tertiary/aromatic N) is 1. The van der Waals surface area contributed by atoms with Crippen LogP contribution in [0.5, 0.6) is 0 Å². The number of carbonyl (C=O) groups excluding carboxylic acids is 2. The summed E-state index contributed by atoms with van der Waals surface area (Å²) in [5.74, 6) is -0.553. The summed E-state index contributed by atoms with van der Waals surface area (Å²) < 4.78 is 0. The van der Waals surface area contributed by atoms with E-state index in [1.165, 1.54) is 5.56 Å². The molecule has 0 aliphatic heterocycles. The Bertz CT molecular complexity index is 787. The molecule has 0 saturated carbocycles. The highest BCUT2D eigenvalue weighted by atomic mass is 16.2. The topological polar surface area (TPSA) is 63.4 Å². The predicted octanol–water partition coefficient (Wildman–Crippen LogP) is 3.90. The lowest BCUT2D eigenvalue weighted by molar-refractivity contribution is -0.127. The summed E-state index contributed by atoms with van der Waals surface area (Å²) in [7, 11) is 0. The highest BCUT2D eigenvalue weighted by Gasteiger charge is 2.14. The Morgan fingerprint density at radius 1 is 1.00 bits per heavy atom. The summed E-state index contributed by atoms with van der Waals surface area (Å²) >= 11 is 0. The van der Waals surface area contributed by atoms with Crippen LogP contribution in [0.3, 0.4) is 0 Å². The summed E-state index contributed by atoms with van der Waals surface area (Å²) in [6.07, 6.45) is 3.50. The molecule has 0 radical (unpaired) electrons. The zero-order valence-corrected chi connectivity index (χ0v) is 16.3. The van der Waals surface area contributed by atoms with Crippen LogP contribution >= 0.6 is 0 Å². The molecule has 27 heavy (non-hydrogen) atoms. The molecule has 0 atom stereocenters. The Labute approximate surface area is 161 Å². The lowest BCUT2D eigenvalue weighted by atomic mass is 9.87. The standard InChI is InChI=1S/C23H28N2O2/c1-23(2,3)20-12-9-18(10-13-20)11-14-22(27)25(16-15-21(24)26)17-19-7-5-4-6-8-19/h4-14H,15-17H2,1-3H3,(H2,24,26)/b14-11+. The molecule has 0 fully saturated rings. The van der Waals surface area contributed by atoms with Gasteiger partial charge in [0.25, 0.3) is 0 Å². The van der Waals surface area contributed by atoms with Crippen molar-refractivity contribution in [3.63, 3.8) is 0 Å². The molecule has 0 heterocycles. The fourth-order valence-corrected chi connectivity index (χ4v) is 2.68. The Hall–Kier alpha value is -2.88. The minimum atomic E-state index is -0.414. The van der Waals surface area contributed by atoms with Gasteiger partial charge in [0.2, 0.25) is 11.8 Å². The van der Waals surface area contributed by atoms with E-state index in [1.807, 2.05) is 42.5 Å². The first kappa shape index (κ1) is 20.4. The average Bonchev–Trinajstić information content (AvgIpc) is 2.63. The van der Waals surface area contributed by atoms with Crippen molar-refractivity contribution < 1.29 is 9.59 Å². The van der Waals surface area contributed by atoms with Crippen LogP contribution in [0.4, 0.5) is 0 Å². The largest absolute Gasteiger partial charge is 0.370 e. The molecule has 0 spiro atoms. The van der Waals surface area contributed by atoms with Crippen molar-refractivity contribution in [2.75, 3.05) is 6.54 Å². The van der Waals surface area contributed by atoms with Crippen molar-refractivity contribution in [2.45, 2.75) is 39.2 Å². The van der Waals surface area contributed by atoms with Crippen LogP contribution in [0.2, 0.25) is 0 Å². The van der Waals surface area contributed by atoms with E-state index in [1.54, 1.807) is 17.1 Å². The number of rotatable bonds is 7. The molecular weight excluding hydrogens is 336 g/mol. The number of nitrogens with two attached hydrogens (primary N) is 1. The van der Waals surface area contributed by atoms with Gasteiger partial charge in [-0.25, -0.2) is 0 Å². The molecule has 142 valence electrons. The van der Waals surface area contributed by atoms with Gasteiger partial charge in [0.15, 0.2) is 0 Å². The van der Waals surface area contributed by atoms with Crippen molar-refractivity contribution in [3.05, 3.63) is 77.4 Å². The van der Waals surface area contributed by atoms with E-state index in [4.69, 9.17) is 5.73 Å². The molecule has 2 aromatic rings. The van der Waals surface area contributed by atoms with Crippen LogP contribution in [0.1, 0.15) is 43.9 Å². The Kier molecular flexibility index (Phi) is 6.94. The number of amides is 2. The van der Waals surface area contributed by atoms with Crippen LogP contribution in [0.15, 0.2) is 60.7 Å². The van der Waals surface area contributed by atoms with E-state index in [0.29, 0.717) is 13.1 Å². The molecule has 4 nitrogen and oxygen atoms in total. The number of primary amides is 1. The lowest BCUT2D eigenvalue weighted by Crippen LogP contribution is -2.32. The van der Waals surface area contributed by atoms with Gasteiger partial charge in [-0.2, -0.15) is 0 Å². The second-order valence-electron chi connectivity index (χ2n) is 7.67. The van der Waals surface area contributed by atoms with Gasteiger partial charge in [0.05, 0.1) is 0 Å². The molecule has 0 bridgehead atoms. The molecule has 2 aromatic carbocycles. The van der Waals surface area contributed by atoms with E-state index >= 15 is 0 Å². The third kappa shape index (κ3) is 6.74. The summed E-state index contributed by atoms with van der Waals surface area (Å²) in [6, 6.07) is 17.9. The zero-order chi connectivity index (χ0) is 19.9. The molecule has 0 aliphatic carbocycles. The highest BCUT2D eigenvalue weighted by Crippen LogP contribution is 2.22. The van der Waals surface area contributed by atoms with Crippen molar-refractivity contribution in [1.29, 1.82) is 0 Å². The van der Waals surface area contributed by atoms with Crippen LogP contribution in [-0.4, -0.2) is 23.3 Å². The maximum atomic E-state index is 12.6. The lowest BCUT2D eigenvalue weighted by Gasteiger charge is -2.21. The van der Waals surface area contributed by atoms with E-state index in [9.17, 15) is 9.59 Å². The first-order valence-corrected chi connectivity index (χ1v) is 9.15. The van der Waals surface area contributed by atoms with Gasteiger partial charge < -0.3 is 10.6 Å². The normalized spacial score (nSPS) is 11.5. The number of carbonyl (C=O) groups is 2. The molecule has 0 unspecified atom stereocenters. The smallest absolute Gasteiger partial charge is 0.246 e. The Morgan fingerprint density at radius 2 is 1.63 bits per heavy atom. The summed E-state index contributed by atoms with van der Waals surface area (Å²) in [4.78, 5) is 25.4. The average molecular weight is 364 g/mol. The van der Waals surface area contributed by atoms with Gasteiger partial charge in [-0.1, -0.05) is 75.4 Å². The fraction of sp³-hybridized carbons (Fsp3) is 0.304. The minimum Gasteiger partial charge on any atom is -0.370 e. The second-order valence-corrected chi connectivity index (χ2v) is 7.67. The van der Waals surface area contributed by atoms with E-state index in [2.05, 4.69) is 32.9 Å². The molecule has 2 amide bonds. The monoisotopic (exact) mass is 364 g/mol. The minimum absolute atomic E-state index is 0.0965. The first-order valence-electron chi connectivity index (χ1n) is 9.15. The molecule has 4 heteroatoms. The van der Waals surface area contributed by atoms with Gasteiger partial charge in [0.1, 0.15) is 0 Å². The van der Waals surface area contributed by atoms with E-state index in [0.717, 1.165) is 11.1 Å². The predicted molar refractivity (Wildman–Crippen MR) is 110 cm³/mol. The maximum absolute atomic E-state index is 12.6. The summed E-state index contributed by atoms with van der Waals surface area (Å²) in [6.45, 7) is 7.25. The molecule has 2 rings (SSSR count). The molecule has 0 aliphatic rings. The zero-order valence-electron chi connectivity index (χ0n) is 16.3. The summed E-state index contributed by atoms with van der Waals surface area (Å²) in [5.41, 5.74) is 8.57. The molecule has 2 N–H and O–H groups in total. The van der Waals surface area contributed by atoms with Gasteiger partial charge in [0, 0.05) is 25.6 Å². The van der Waals surface area contributed by atoms with Crippen LogP contribution in [0, 0.1) is 0 Å².